The summed E-state index contributed by atoms with van der Waals surface area (Å²) in [6, 6.07) is 1.99. The summed E-state index contributed by atoms with van der Waals surface area (Å²) in [4.78, 5) is 0. The van der Waals surface area contributed by atoms with Crippen LogP contribution in [0.3, 0.4) is 0 Å². The molecule has 1 aliphatic rings. The van der Waals surface area contributed by atoms with Gasteiger partial charge in [-0.25, -0.2) is 0 Å². The minimum Gasteiger partial charge on any atom is -0.388 e. The van der Waals surface area contributed by atoms with Crippen LogP contribution in [-0.4, -0.2) is 15.3 Å². The monoisotopic (exact) mass is 220 g/mol. The van der Waals surface area contributed by atoms with Crippen LogP contribution in [0, 0.1) is 12.8 Å². The molecule has 1 aliphatic carbocycles. The Hall–Kier alpha value is -0.960. The van der Waals surface area contributed by atoms with Gasteiger partial charge >= 0.3 is 0 Å². The highest BCUT2D eigenvalue weighted by Crippen LogP contribution is 2.36. The van der Waals surface area contributed by atoms with Crippen LogP contribution in [0.2, 0.25) is 0 Å². The third-order valence-corrected chi connectivity index (χ3v) is 3.53. The van der Waals surface area contributed by atoms with Gasteiger partial charge in [0.15, 0.2) is 0 Å². The molecule has 1 fully saturated rings. The second kappa shape index (κ2) is 4.91. The molecule has 0 aromatic carbocycles. The number of hydrogen-bond acceptors (Lipinski definition) is 3. The summed E-state index contributed by atoms with van der Waals surface area (Å²) < 4.78 is 0. The lowest BCUT2D eigenvalue weighted by Gasteiger charge is -2.20. The van der Waals surface area contributed by atoms with Crippen molar-refractivity contribution in [2.75, 3.05) is 0 Å². The van der Waals surface area contributed by atoms with Crippen molar-refractivity contribution in [3.8, 4) is 0 Å². The Morgan fingerprint density at radius 3 is 2.69 bits per heavy atom. The van der Waals surface area contributed by atoms with Crippen LogP contribution >= 0.6 is 0 Å². The Morgan fingerprint density at radius 2 is 2.06 bits per heavy atom. The van der Waals surface area contributed by atoms with E-state index in [1.165, 1.54) is 12.8 Å². The third kappa shape index (κ3) is 2.24. The van der Waals surface area contributed by atoms with Crippen LogP contribution in [0.1, 0.15) is 55.7 Å². The van der Waals surface area contributed by atoms with Crippen LogP contribution in [0.15, 0.2) is 6.07 Å². The highest BCUT2D eigenvalue weighted by Gasteiger charge is 2.26. The molecular weight excluding hydrogens is 200 g/mol. The van der Waals surface area contributed by atoms with Crippen molar-refractivity contribution in [3.05, 3.63) is 23.0 Å². The Morgan fingerprint density at radius 1 is 1.38 bits per heavy atom. The molecule has 1 aromatic heterocycles. The summed E-state index contributed by atoms with van der Waals surface area (Å²) in [5.41, 5.74) is 2.84. The Labute approximate surface area is 96.9 Å². The Kier molecular flexibility index (Phi) is 3.54. The summed E-state index contributed by atoms with van der Waals surface area (Å²) >= 11 is 0. The molecule has 1 saturated carbocycles. The highest BCUT2D eigenvalue weighted by molar-refractivity contribution is 5.24. The molecule has 3 heteroatoms. The molecule has 1 N–H and O–H groups in total. The molecule has 1 heterocycles. The van der Waals surface area contributed by atoms with E-state index in [4.69, 9.17) is 0 Å². The van der Waals surface area contributed by atoms with Gasteiger partial charge in [-0.3, -0.25) is 0 Å². The molecule has 0 bridgehead atoms. The van der Waals surface area contributed by atoms with E-state index in [1.54, 1.807) is 0 Å². The number of hydrogen-bond donors (Lipinski definition) is 1. The maximum absolute atomic E-state index is 10.4. The number of aryl methyl sites for hydroxylation is 2. The van der Waals surface area contributed by atoms with Gasteiger partial charge in [-0.15, -0.1) is 0 Å². The average molecular weight is 220 g/mol. The zero-order chi connectivity index (χ0) is 11.5. The molecule has 2 rings (SSSR count). The van der Waals surface area contributed by atoms with Crippen molar-refractivity contribution in [1.29, 1.82) is 0 Å². The van der Waals surface area contributed by atoms with Crippen LogP contribution < -0.4 is 0 Å². The van der Waals surface area contributed by atoms with Gasteiger partial charge in [0.1, 0.15) is 0 Å². The molecule has 88 valence electrons. The maximum atomic E-state index is 10.4. The SMILES string of the molecule is CCc1nnc(C)cc1C(O)C1CCCC1. The van der Waals surface area contributed by atoms with Gasteiger partial charge < -0.3 is 5.11 Å². The van der Waals surface area contributed by atoms with Crippen molar-refractivity contribution in [3.63, 3.8) is 0 Å². The van der Waals surface area contributed by atoms with Gasteiger partial charge in [0, 0.05) is 5.56 Å². The predicted molar refractivity (Wildman–Crippen MR) is 63.1 cm³/mol. The Bertz CT molecular complexity index is 359. The fraction of sp³-hybridized carbons (Fsp3) is 0.692. The largest absolute Gasteiger partial charge is 0.388 e. The standard InChI is InChI=1S/C13H20N2O/c1-3-12-11(8-9(2)14-15-12)13(16)10-6-4-5-7-10/h8,10,13,16H,3-7H2,1-2H3. The molecule has 0 amide bonds. The summed E-state index contributed by atoms with van der Waals surface area (Å²) in [6.07, 6.45) is 5.29. The smallest absolute Gasteiger partial charge is 0.0837 e. The van der Waals surface area contributed by atoms with E-state index in [9.17, 15) is 5.11 Å². The quantitative estimate of drug-likeness (QED) is 0.851. The normalized spacial score (nSPS) is 18.9. The summed E-state index contributed by atoms with van der Waals surface area (Å²) in [5.74, 6) is 0.425. The van der Waals surface area contributed by atoms with E-state index < -0.39 is 0 Å². The van der Waals surface area contributed by atoms with Crippen molar-refractivity contribution >= 4 is 0 Å². The molecule has 0 saturated heterocycles. The minimum atomic E-state index is -0.341. The van der Waals surface area contributed by atoms with Gasteiger partial charge in [0.25, 0.3) is 0 Å². The van der Waals surface area contributed by atoms with Gasteiger partial charge in [-0.1, -0.05) is 19.8 Å². The number of aliphatic hydroxyl groups excluding tert-OH is 1. The minimum absolute atomic E-state index is 0.341. The second-order valence-corrected chi connectivity index (χ2v) is 4.73. The molecule has 3 nitrogen and oxygen atoms in total. The van der Waals surface area contributed by atoms with E-state index in [-0.39, 0.29) is 6.10 Å². The first kappa shape index (κ1) is 11.5. The van der Waals surface area contributed by atoms with Crippen molar-refractivity contribution in [1.82, 2.24) is 10.2 Å². The third-order valence-electron chi connectivity index (χ3n) is 3.53. The van der Waals surface area contributed by atoms with Crippen molar-refractivity contribution in [2.45, 2.75) is 52.1 Å². The fourth-order valence-electron chi connectivity index (χ4n) is 2.59. The van der Waals surface area contributed by atoms with E-state index >= 15 is 0 Å². The first-order chi connectivity index (χ1) is 7.72. The van der Waals surface area contributed by atoms with E-state index in [1.807, 2.05) is 13.0 Å². The molecule has 16 heavy (non-hydrogen) atoms. The number of aliphatic hydroxyl groups is 1. The molecule has 0 radical (unpaired) electrons. The second-order valence-electron chi connectivity index (χ2n) is 4.73. The fourth-order valence-corrected chi connectivity index (χ4v) is 2.59. The lowest BCUT2D eigenvalue weighted by molar-refractivity contribution is 0.110. The van der Waals surface area contributed by atoms with Crippen LogP contribution in [0.4, 0.5) is 0 Å². The van der Waals surface area contributed by atoms with E-state index in [0.717, 1.165) is 36.2 Å². The number of aromatic nitrogens is 2. The predicted octanol–water partition coefficient (Wildman–Crippen LogP) is 2.57. The van der Waals surface area contributed by atoms with Crippen molar-refractivity contribution in [2.24, 2.45) is 5.92 Å². The molecule has 1 unspecified atom stereocenters. The molecule has 0 spiro atoms. The van der Waals surface area contributed by atoms with Gasteiger partial charge in [-0.05, 0) is 38.2 Å². The van der Waals surface area contributed by atoms with E-state index in [0.29, 0.717) is 5.92 Å². The zero-order valence-electron chi connectivity index (χ0n) is 10.1. The highest BCUT2D eigenvalue weighted by atomic mass is 16.3. The summed E-state index contributed by atoms with van der Waals surface area (Å²) in [5, 5.41) is 18.6. The van der Waals surface area contributed by atoms with E-state index in [2.05, 4.69) is 17.1 Å². The molecule has 1 aromatic rings. The van der Waals surface area contributed by atoms with Crippen LogP contribution in [0.5, 0.6) is 0 Å². The topological polar surface area (TPSA) is 46.0 Å². The lowest BCUT2D eigenvalue weighted by Crippen LogP contribution is -2.13. The number of nitrogens with zero attached hydrogens (tertiary/aromatic N) is 2. The lowest BCUT2D eigenvalue weighted by atomic mass is 9.93. The summed E-state index contributed by atoms with van der Waals surface area (Å²) in [6.45, 7) is 3.99. The molecule has 0 aliphatic heterocycles. The van der Waals surface area contributed by atoms with Gasteiger partial charge in [0.2, 0.25) is 0 Å². The van der Waals surface area contributed by atoms with Gasteiger partial charge in [0.05, 0.1) is 17.5 Å². The average Bonchev–Trinajstić information content (AvgIpc) is 2.81. The maximum Gasteiger partial charge on any atom is 0.0837 e. The van der Waals surface area contributed by atoms with Crippen molar-refractivity contribution < 1.29 is 5.11 Å². The van der Waals surface area contributed by atoms with Crippen LogP contribution in [0.25, 0.3) is 0 Å². The Balaban J connectivity index is 2.26. The van der Waals surface area contributed by atoms with Gasteiger partial charge in [-0.2, -0.15) is 10.2 Å². The first-order valence-corrected chi connectivity index (χ1v) is 6.23. The molecule has 1 atom stereocenters. The molecular formula is C13H20N2O. The number of rotatable bonds is 3. The zero-order valence-corrected chi connectivity index (χ0v) is 10.1. The first-order valence-electron chi connectivity index (χ1n) is 6.23. The summed E-state index contributed by atoms with van der Waals surface area (Å²) in [7, 11) is 0. The van der Waals surface area contributed by atoms with Crippen LogP contribution in [-0.2, 0) is 6.42 Å².